The largest absolute Gasteiger partial charge is 0.497 e. The van der Waals surface area contributed by atoms with Crippen LogP contribution in [0.4, 0.5) is 0 Å². The van der Waals surface area contributed by atoms with Crippen molar-refractivity contribution in [2.45, 2.75) is 12.2 Å². The molecule has 2 atom stereocenters. The molecule has 5 heteroatoms. The minimum Gasteiger partial charge on any atom is -0.497 e. The van der Waals surface area contributed by atoms with Crippen LogP contribution in [0.2, 0.25) is 0 Å². The lowest BCUT2D eigenvalue weighted by molar-refractivity contribution is 0.0198. The summed E-state index contributed by atoms with van der Waals surface area (Å²) >= 11 is 3.34. The van der Waals surface area contributed by atoms with Crippen molar-refractivity contribution in [2.75, 3.05) is 20.7 Å². The van der Waals surface area contributed by atoms with Gasteiger partial charge in [-0.15, -0.1) is 0 Å². The van der Waals surface area contributed by atoms with Gasteiger partial charge in [-0.3, -0.25) is 0 Å². The summed E-state index contributed by atoms with van der Waals surface area (Å²) in [7, 11) is 3.30. The third-order valence-corrected chi connectivity index (χ3v) is 2.99. The van der Waals surface area contributed by atoms with Crippen molar-refractivity contribution in [2.24, 2.45) is 0 Å². The molecule has 90 valence electrons. The van der Waals surface area contributed by atoms with E-state index in [9.17, 15) is 10.2 Å². The zero-order valence-electron chi connectivity index (χ0n) is 9.27. The van der Waals surface area contributed by atoms with Gasteiger partial charge in [0.05, 0.1) is 13.2 Å². The van der Waals surface area contributed by atoms with Crippen LogP contribution in [0.5, 0.6) is 5.75 Å². The molecule has 1 aromatic carbocycles. The molecule has 0 amide bonds. The molecule has 0 bridgehead atoms. The lowest BCUT2D eigenvalue weighted by Gasteiger charge is -2.19. The van der Waals surface area contributed by atoms with Crippen LogP contribution in [0, 0.1) is 0 Å². The standard InChI is InChI=1S/C11H16BrNO3/c1-13-6-10(14)11(15)8-4-3-7(16-2)5-9(8)12/h3-5,10-11,13-15H,6H2,1-2H3. The van der Waals surface area contributed by atoms with Crippen molar-refractivity contribution in [1.29, 1.82) is 0 Å². The van der Waals surface area contributed by atoms with Gasteiger partial charge in [0.1, 0.15) is 11.9 Å². The average molecular weight is 290 g/mol. The maximum Gasteiger partial charge on any atom is 0.120 e. The maximum absolute atomic E-state index is 9.90. The fourth-order valence-electron chi connectivity index (χ4n) is 1.40. The Hall–Kier alpha value is -0.620. The number of rotatable bonds is 5. The van der Waals surface area contributed by atoms with E-state index in [1.165, 1.54) is 0 Å². The quantitative estimate of drug-likeness (QED) is 0.759. The zero-order valence-corrected chi connectivity index (χ0v) is 10.9. The Morgan fingerprint density at radius 3 is 2.62 bits per heavy atom. The second kappa shape index (κ2) is 6.20. The third-order valence-electron chi connectivity index (χ3n) is 2.30. The lowest BCUT2D eigenvalue weighted by atomic mass is 10.0. The summed E-state index contributed by atoms with van der Waals surface area (Å²) in [5.74, 6) is 0.700. The van der Waals surface area contributed by atoms with Crippen LogP contribution in [-0.2, 0) is 0 Å². The van der Waals surface area contributed by atoms with Gasteiger partial charge in [0, 0.05) is 11.0 Å². The summed E-state index contributed by atoms with van der Waals surface area (Å²) in [6, 6.07) is 5.23. The van der Waals surface area contributed by atoms with Gasteiger partial charge >= 0.3 is 0 Å². The molecule has 16 heavy (non-hydrogen) atoms. The molecule has 0 saturated carbocycles. The highest BCUT2D eigenvalue weighted by molar-refractivity contribution is 9.10. The molecular weight excluding hydrogens is 274 g/mol. The van der Waals surface area contributed by atoms with Crippen molar-refractivity contribution in [3.8, 4) is 5.75 Å². The molecule has 0 aliphatic heterocycles. The smallest absolute Gasteiger partial charge is 0.120 e. The van der Waals surface area contributed by atoms with Crippen molar-refractivity contribution in [3.05, 3.63) is 28.2 Å². The summed E-state index contributed by atoms with van der Waals surface area (Å²) < 4.78 is 5.77. The number of hydrogen-bond donors (Lipinski definition) is 3. The number of aliphatic hydroxyl groups excluding tert-OH is 2. The van der Waals surface area contributed by atoms with Crippen LogP contribution in [0.25, 0.3) is 0 Å². The van der Waals surface area contributed by atoms with Crippen LogP contribution in [0.1, 0.15) is 11.7 Å². The van der Waals surface area contributed by atoms with Crippen LogP contribution in [0.3, 0.4) is 0 Å². The molecule has 1 rings (SSSR count). The second-order valence-electron chi connectivity index (χ2n) is 3.46. The minimum absolute atomic E-state index is 0.333. The van der Waals surface area contributed by atoms with E-state index in [0.29, 0.717) is 17.9 Å². The summed E-state index contributed by atoms with van der Waals surface area (Å²) in [4.78, 5) is 0. The van der Waals surface area contributed by atoms with Gasteiger partial charge < -0.3 is 20.3 Å². The van der Waals surface area contributed by atoms with Crippen molar-refractivity contribution in [1.82, 2.24) is 5.32 Å². The molecule has 1 aromatic rings. The van der Waals surface area contributed by atoms with Gasteiger partial charge in [0.15, 0.2) is 0 Å². The Morgan fingerprint density at radius 1 is 1.44 bits per heavy atom. The molecule has 0 aliphatic carbocycles. The second-order valence-corrected chi connectivity index (χ2v) is 4.31. The first-order chi connectivity index (χ1) is 7.60. The Balaban J connectivity index is 2.87. The van der Waals surface area contributed by atoms with Crippen molar-refractivity contribution < 1.29 is 14.9 Å². The van der Waals surface area contributed by atoms with E-state index in [1.54, 1.807) is 32.4 Å². The van der Waals surface area contributed by atoms with E-state index in [1.807, 2.05) is 0 Å². The van der Waals surface area contributed by atoms with E-state index in [0.717, 1.165) is 4.47 Å². The first-order valence-electron chi connectivity index (χ1n) is 4.94. The topological polar surface area (TPSA) is 61.7 Å². The summed E-state index contributed by atoms with van der Waals surface area (Å²) in [5.41, 5.74) is 0.642. The fraction of sp³-hybridized carbons (Fsp3) is 0.455. The minimum atomic E-state index is -0.923. The van der Waals surface area contributed by atoms with Gasteiger partial charge in [-0.25, -0.2) is 0 Å². The van der Waals surface area contributed by atoms with Gasteiger partial charge in [0.25, 0.3) is 0 Å². The molecule has 0 heterocycles. The number of aliphatic hydroxyl groups is 2. The number of halogens is 1. The fourth-order valence-corrected chi connectivity index (χ4v) is 2.00. The predicted octanol–water partition coefficient (Wildman–Crippen LogP) is 1.07. The van der Waals surface area contributed by atoms with Gasteiger partial charge in [-0.05, 0) is 24.7 Å². The molecule has 4 nitrogen and oxygen atoms in total. The molecule has 0 fully saturated rings. The van der Waals surface area contributed by atoms with E-state index >= 15 is 0 Å². The van der Waals surface area contributed by atoms with Crippen LogP contribution in [-0.4, -0.2) is 37.0 Å². The van der Waals surface area contributed by atoms with E-state index in [4.69, 9.17) is 4.74 Å². The number of methoxy groups -OCH3 is 1. The highest BCUT2D eigenvalue weighted by Gasteiger charge is 2.20. The summed E-state index contributed by atoms with van der Waals surface area (Å²) in [6.45, 7) is 0.333. The van der Waals surface area contributed by atoms with E-state index in [-0.39, 0.29) is 0 Å². The van der Waals surface area contributed by atoms with Gasteiger partial charge in [-0.1, -0.05) is 22.0 Å². The average Bonchev–Trinajstić information content (AvgIpc) is 2.28. The molecule has 0 saturated heterocycles. The SMILES string of the molecule is CNCC(O)C(O)c1ccc(OC)cc1Br. The third kappa shape index (κ3) is 3.18. The van der Waals surface area contributed by atoms with E-state index in [2.05, 4.69) is 21.2 Å². The Labute approximate surface area is 103 Å². The maximum atomic E-state index is 9.90. The van der Waals surface area contributed by atoms with Crippen LogP contribution in [0.15, 0.2) is 22.7 Å². The van der Waals surface area contributed by atoms with E-state index < -0.39 is 12.2 Å². The number of ether oxygens (including phenoxy) is 1. The number of nitrogens with one attached hydrogen (secondary N) is 1. The monoisotopic (exact) mass is 289 g/mol. The molecule has 0 aliphatic rings. The lowest BCUT2D eigenvalue weighted by Crippen LogP contribution is -2.29. The highest BCUT2D eigenvalue weighted by atomic mass is 79.9. The van der Waals surface area contributed by atoms with Crippen molar-refractivity contribution in [3.63, 3.8) is 0 Å². The highest BCUT2D eigenvalue weighted by Crippen LogP contribution is 2.29. The Morgan fingerprint density at radius 2 is 2.12 bits per heavy atom. The molecule has 2 unspecified atom stereocenters. The van der Waals surface area contributed by atoms with Gasteiger partial charge in [0.2, 0.25) is 0 Å². The van der Waals surface area contributed by atoms with Gasteiger partial charge in [-0.2, -0.15) is 0 Å². The summed E-state index contributed by atoms with van der Waals surface area (Å²) in [6.07, 6.45) is -1.76. The molecule has 0 radical (unpaired) electrons. The van der Waals surface area contributed by atoms with Crippen molar-refractivity contribution >= 4 is 15.9 Å². The molecule has 0 aromatic heterocycles. The normalized spacial score (nSPS) is 14.6. The molecular formula is C11H16BrNO3. The number of likely N-dealkylation sites (N-methyl/N-ethyl adjacent to an activating group) is 1. The zero-order chi connectivity index (χ0) is 12.1. The van der Waals surface area contributed by atoms with Crippen LogP contribution >= 0.6 is 15.9 Å². The van der Waals surface area contributed by atoms with Crippen LogP contribution < -0.4 is 10.1 Å². The molecule has 0 spiro atoms. The Bertz CT molecular complexity index is 346. The summed E-state index contributed by atoms with van der Waals surface area (Å²) in [5, 5.41) is 22.4. The first kappa shape index (κ1) is 13.4. The predicted molar refractivity (Wildman–Crippen MR) is 65.6 cm³/mol. The first-order valence-corrected chi connectivity index (χ1v) is 5.73. The number of benzene rings is 1. The Kier molecular flexibility index (Phi) is 5.21. The number of hydrogen-bond acceptors (Lipinski definition) is 4. The molecule has 3 N–H and O–H groups in total.